The molecule has 0 aliphatic rings. The topological polar surface area (TPSA) is 67.0 Å². The molecule has 2 aromatic rings. The van der Waals surface area contributed by atoms with E-state index in [9.17, 15) is 4.79 Å². The predicted molar refractivity (Wildman–Crippen MR) is 65.5 cm³/mol. The fraction of sp³-hybridized carbons (Fsp3) is 0.273. The molecule has 2 N–H and O–H groups in total. The molecule has 0 aromatic carbocycles. The molecule has 0 bridgehead atoms. The highest BCUT2D eigenvalue weighted by Gasteiger charge is 2.08. The largest absolute Gasteiger partial charge is 0.496 e. The number of thiophene rings is 1. The van der Waals surface area contributed by atoms with E-state index >= 15 is 0 Å². The maximum absolute atomic E-state index is 11.7. The Morgan fingerprint density at radius 3 is 3.18 bits per heavy atom. The number of hydrogen-bond acceptors (Lipinski definition) is 4. The highest BCUT2D eigenvalue weighted by atomic mass is 32.1. The molecule has 5 nitrogen and oxygen atoms in total. The molecule has 1 amide bonds. The van der Waals surface area contributed by atoms with Crippen molar-refractivity contribution in [1.29, 1.82) is 0 Å². The zero-order valence-corrected chi connectivity index (χ0v) is 10.2. The monoisotopic (exact) mass is 251 g/mol. The summed E-state index contributed by atoms with van der Waals surface area (Å²) in [6, 6.07) is 1.73. The van der Waals surface area contributed by atoms with Crippen molar-refractivity contribution in [3.05, 3.63) is 34.5 Å². The Morgan fingerprint density at radius 2 is 2.53 bits per heavy atom. The summed E-state index contributed by atoms with van der Waals surface area (Å²) >= 11 is 1.37. The number of carbonyl (C=O) groups excluding carboxylic acids is 1. The maximum Gasteiger partial charge on any atom is 0.261 e. The van der Waals surface area contributed by atoms with Gasteiger partial charge in [-0.3, -0.25) is 4.79 Å². The van der Waals surface area contributed by atoms with E-state index in [1.165, 1.54) is 11.3 Å². The van der Waals surface area contributed by atoms with Crippen LogP contribution in [0.3, 0.4) is 0 Å². The number of aromatic amines is 1. The van der Waals surface area contributed by atoms with Crippen LogP contribution < -0.4 is 10.1 Å². The number of imidazole rings is 1. The first kappa shape index (κ1) is 11.7. The van der Waals surface area contributed by atoms with Gasteiger partial charge in [-0.15, -0.1) is 11.3 Å². The van der Waals surface area contributed by atoms with E-state index in [0.29, 0.717) is 23.6 Å². The summed E-state index contributed by atoms with van der Waals surface area (Å²) in [7, 11) is 1.58. The van der Waals surface area contributed by atoms with Crippen LogP contribution in [0, 0.1) is 0 Å². The van der Waals surface area contributed by atoms with E-state index in [0.717, 1.165) is 5.82 Å². The van der Waals surface area contributed by atoms with Gasteiger partial charge >= 0.3 is 0 Å². The van der Waals surface area contributed by atoms with Gasteiger partial charge in [-0.05, 0) is 0 Å². The van der Waals surface area contributed by atoms with Gasteiger partial charge in [-0.25, -0.2) is 4.98 Å². The first-order valence-corrected chi connectivity index (χ1v) is 6.06. The van der Waals surface area contributed by atoms with Crippen LogP contribution in [0.4, 0.5) is 0 Å². The smallest absolute Gasteiger partial charge is 0.261 e. The van der Waals surface area contributed by atoms with Crippen molar-refractivity contribution in [2.24, 2.45) is 0 Å². The van der Waals surface area contributed by atoms with Crippen molar-refractivity contribution in [2.45, 2.75) is 6.42 Å². The summed E-state index contributed by atoms with van der Waals surface area (Å²) in [4.78, 5) is 19.4. The molecule has 0 spiro atoms. The summed E-state index contributed by atoms with van der Waals surface area (Å²) < 4.78 is 5.02. The van der Waals surface area contributed by atoms with Crippen LogP contribution >= 0.6 is 11.3 Å². The molecule has 0 aliphatic carbocycles. The van der Waals surface area contributed by atoms with Crippen LogP contribution in [0.1, 0.15) is 15.5 Å². The molecular formula is C11H13N3O2S. The molecule has 2 heterocycles. The summed E-state index contributed by atoms with van der Waals surface area (Å²) in [5.41, 5.74) is 0. The van der Waals surface area contributed by atoms with Gasteiger partial charge in [0.05, 0.1) is 12.0 Å². The Bertz CT molecular complexity index is 479. The molecule has 17 heavy (non-hydrogen) atoms. The van der Waals surface area contributed by atoms with Crippen molar-refractivity contribution < 1.29 is 9.53 Å². The number of H-pyrrole nitrogens is 1. The molecule has 0 fully saturated rings. The van der Waals surface area contributed by atoms with Crippen molar-refractivity contribution >= 4 is 17.2 Å². The lowest BCUT2D eigenvalue weighted by Crippen LogP contribution is -2.25. The van der Waals surface area contributed by atoms with Gasteiger partial charge in [-0.1, -0.05) is 0 Å². The number of rotatable bonds is 5. The Morgan fingerprint density at radius 1 is 1.65 bits per heavy atom. The number of methoxy groups -OCH3 is 1. The number of nitrogens with one attached hydrogen (secondary N) is 2. The zero-order valence-electron chi connectivity index (χ0n) is 9.40. The molecule has 6 heteroatoms. The third kappa shape index (κ3) is 3.07. The van der Waals surface area contributed by atoms with E-state index in [1.807, 2.05) is 0 Å². The minimum atomic E-state index is -0.0788. The number of nitrogens with zero attached hydrogens (tertiary/aromatic N) is 1. The Hall–Kier alpha value is -1.82. The lowest BCUT2D eigenvalue weighted by Gasteiger charge is -2.01. The van der Waals surface area contributed by atoms with Crippen LogP contribution in [0.25, 0.3) is 0 Å². The minimum Gasteiger partial charge on any atom is -0.496 e. The van der Waals surface area contributed by atoms with Crippen molar-refractivity contribution in [3.63, 3.8) is 0 Å². The van der Waals surface area contributed by atoms with Gasteiger partial charge in [0.15, 0.2) is 0 Å². The van der Waals surface area contributed by atoms with Crippen LogP contribution in [0.5, 0.6) is 5.75 Å². The van der Waals surface area contributed by atoms with Crippen molar-refractivity contribution in [2.75, 3.05) is 13.7 Å². The van der Waals surface area contributed by atoms with E-state index < -0.39 is 0 Å². The van der Waals surface area contributed by atoms with Gasteiger partial charge in [-0.2, -0.15) is 0 Å². The van der Waals surface area contributed by atoms with Crippen LogP contribution in [0.2, 0.25) is 0 Å². The van der Waals surface area contributed by atoms with Crippen LogP contribution in [0.15, 0.2) is 23.8 Å². The molecule has 2 aromatic heterocycles. The second-order valence-corrected chi connectivity index (χ2v) is 4.30. The molecular weight excluding hydrogens is 238 g/mol. The first-order chi connectivity index (χ1) is 8.29. The number of carbonyl (C=O) groups is 1. The maximum atomic E-state index is 11.7. The third-order valence-corrected chi connectivity index (χ3v) is 3.14. The summed E-state index contributed by atoms with van der Waals surface area (Å²) in [5, 5.41) is 4.64. The Balaban J connectivity index is 1.81. The normalized spacial score (nSPS) is 10.2. The predicted octanol–water partition coefficient (Wildman–Crippen LogP) is 1.45. The zero-order chi connectivity index (χ0) is 12.1. The number of ether oxygens (including phenoxy) is 1. The lowest BCUT2D eigenvalue weighted by molar-refractivity contribution is 0.0958. The molecule has 0 aliphatic heterocycles. The van der Waals surface area contributed by atoms with E-state index in [1.54, 1.807) is 30.9 Å². The minimum absolute atomic E-state index is 0.0788. The van der Waals surface area contributed by atoms with Gasteiger partial charge in [0.2, 0.25) is 0 Å². The van der Waals surface area contributed by atoms with E-state index in [4.69, 9.17) is 4.74 Å². The summed E-state index contributed by atoms with van der Waals surface area (Å²) in [6.07, 6.45) is 4.16. The van der Waals surface area contributed by atoms with Crippen molar-refractivity contribution in [3.8, 4) is 5.75 Å². The Kier molecular flexibility index (Phi) is 3.77. The third-order valence-electron chi connectivity index (χ3n) is 2.24. The molecule has 0 radical (unpaired) electrons. The Labute approximate surface area is 103 Å². The summed E-state index contributed by atoms with van der Waals surface area (Å²) in [6.45, 7) is 0.562. The van der Waals surface area contributed by atoms with Gasteiger partial charge in [0.25, 0.3) is 5.91 Å². The molecule has 0 saturated carbocycles. The quantitative estimate of drug-likeness (QED) is 0.845. The van der Waals surface area contributed by atoms with Gasteiger partial charge < -0.3 is 15.0 Å². The van der Waals surface area contributed by atoms with Gasteiger partial charge in [0, 0.05) is 36.8 Å². The fourth-order valence-corrected chi connectivity index (χ4v) is 2.13. The molecule has 0 unspecified atom stereocenters. The number of amides is 1. The van der Waals surface area contributed by atoms with Crippen LogP contribution in [-0.4, -0.2) is 29.5 Å². The van der Waals surface area contributed by atoms with E-state index in [2.05, 4.69) is 15.3 Å². The molecule has 0 atom stereocenters. The number of hydrogen-bond donors (Lipinski definition) is 2. The SMILES string of the molecule is COc1csc(C(=O)NCCc2ncc[nH]2)c1. The average molecular weight is 251 g/mol. The first-order valence-electron chi connectivity index (χ1n) is 5.18. The van der Waals surface area contributed by atoms with E-state index in [-0.39, 0.29) is 5.91 Å². The second kappa shape index (κ2) is 5.49. The lowest BCUT2D eigenvalue weighted by atomic mass is 10.3. The summed E-state index contributed by atoms with van der Waals surface area (Å²) in [5.74, 6) is 1.50. The number of aromatic nitrogens is 2. The second-order valence-electron chi connectivity index (χ2n) is 3.39. The standard InChI is InChI=1S/C11H13N3O2S/c1-16-8-6-9(17-7-8)11(15)14-3-2-10-12-4-5-13-10/h4-7H,2-3H2,1H3,(H,12,13)(H,14,15). The average Bonchev–Trinajstić information content (AvgIpc) is 2.99. The highest BCUT2D eigenvalue weighted by Crippen LogP contribution is 2.20. The van der Waals surface area contributed by atoms with Crippen molar-refractivity contribution in [1.82, 2.24) is 15.3 Å². The van der Waals surface area contributed by atoms with Gasteiger partial charge in [0.1, 0.15) is 11.6 Å². The fourth-order valence-electron chi connectivity index (χ4n) is 1.36. The molecule has 0 saturated heterocycles. The highest BCUT2D eigenvalue weighted by molar-refractivity contribution is 7.12. The molecule has 2 rings (SSSR count). The molecule has 90 valence electrons. The van der Waals surface area contributed by atoms with Crippen LogP contribution in [-0.2, 0) is 6.42 Å².